The molecule has 0 radical (unpaired) electrons. The van der Waals surface area contributed by atoms with E-state index in [0.29, 0.717) is 11.4 Å². The Kier molecular flexibility index (Phi) is 6.23. The van der Waals surface area contributed by atoms with Gasteiger partial charge in [-0.25, -0.2) is 14.2 Å². The predicted octanol–water partition coefficient (Wildman–Crippen LogP) is 2.56. The largest absolute Gasteiger partial charge is 0.352 e. The number of amides is 3. The molecule has 7 nitrogen and oxygen atoms in total. The molecule has 0 aliphatic heterocycles. The second-order valence-corrected chi connectivity index (χ2v) is 6.63. The number of rotatable bonds is 7. The lowest BCUT2D eigenvalue weighted by Gasteiger charge is -2.22. The van der Waals surface area contributed by atoms with Crippen molar-refractivity contribution in [1.82, 2.24) is 20.2 Å². The van der Waals surface area contributed by atoms with Crippen molar-refractivity contribution in [2.75, 3.05) is 0 Å². The van der Waals surface area contributed by atoms with Crippen LogP contribution in [0, 0.1) is 5.82 Å². The van der Waals surface area contributed by atoms with Crippen molar-refractivity contribution in [1.29, 1.82) is 0 Å². The van der Waals surface area contributed by atoms with Gasteiger partial charge in [-0.1, -0.05) is 42.5 Å². The number of hydrogen-bond acceptors (Lipinski definition) is 3. The molecule has 150 valence electrons. The van der Waals surface area contributed by atoms with E-state index < -0.39 is 23.9 Å². The van der Waals surface area contributed by atoms with Crippen molar-refractivity contribution in [2.24, 2.45) is 12.8 Å². The fourth-order valence-electron chi connectivity index (χ4n) is 3.15. The van der Waals surface area contributed by atoms with E-state index >= 15 is 0 Å². The first kappa shape index (κ1) is 20.1. The molecule has 3 aromatic rings. The third-order valence-electron chi connectivity index (χ3n) is 4.51. The van der Waals surface area contributed by atoms with Crippen molar-refractivity contribution < 1.29 is 14.0 Å². The number of halogens is 1. The van der Waals surface area contributed by atoms with E-state index in [4.69, 9.17) is 5.73 Å². The van der Waals surface area contributed by atoms with Crippen LogP contribution in [0.2, 0.25) is 0 Å². The van der Waals surface area contributed by atoms with Crippen LogP contribution in [0.25, 0.3) is 0 Å². The predicted molar refractivity (Wildman–Crippen MR) is 106 cm³/mol. The summed E-state index contributed by atoms with van der Waals surface area (Å²) in [4.78, 5) is 28.5. The van der Waals surface area contributed by atoms with Crippen LogP contribution in [0.15, 0.2) is 67.0 Å². The molecule has 2 atom stereocenters. The third-order valence-corrected chi connectivity index (χ3v) is 4.51. The summed E-state index contributed by atoms with van der Waals surface area (Å²) in [7, 11) is 1.79. The third kappa shape index (κ3) is 5.19. The molecule has 29 heavy (non-hydrogen) atoms. The van der Waals surface area contributed by atoms with Gasteiger partial charge in [0.25, 0.3) is 0 Å². The first-order valence-electron chi connectivity index (χ1n) is 9.07. The standard InChI is InChI=1S/C21H22FN5O2/c1-27-11-10-24-20(27)19(15-8-5-9-16(22)12-15)26-18(28)13-17(25-21(23)29)14-6-3-2-4-7-14/h2-12,17,19H,13H2,1H3,(H,26,28)(H3,23,25,29)/t17-,19-/m1/s1. The molecule has 0 bridgehead atoms. The average Bonchev–Trinajstić information content (AvgIpc) is 3.11. The van der Waals surface area contributed by atoms with Gasteiger partial charge in [0.05, 0.1) is 12.5 Å². The first-order chi connectivity index (χ1) is 13.9. The van der Waals surface area contributed by atoms with Gasteiger partial charge < -0.3 is 20.9 Å². The molecule has 1 aromatic heterocycles. The van der Waals surface area contributed by atoms with Crippen LogP contribution in [0.5, 0.6) is 0 Å². The number of carbonyl (C=O) groups is 2. The molecule has 3 amide bonds. The van der Waals surface area contributed by atoms with Gasteiger partial charge in [-0.2, -0.15) is 0 Å². The smallest absolute Gasteiger partial charge is 0.312 e. The van der Waals surface area contributed by atoms with Gasteiger partial charge >= 0.3 is 6.03 Å². The van der Waals surface area contributed by atoms with E-state index in [-0.39, 0.29) is 12.3 Å². The maximum absolute atomic E-state index is 13.8. The Morgan fingerprint density at radius 1 is 1.10 bits per heavy atom. The molecular formula is C21H22FN5O2. The van der Waals surface area contributed by atoms with Gasteiger partial charge in [0.2, 0.25) is 5.91 Å². The van der Waals surface area contributed by atoms with E-state index in [0.717, 1.165) is 5.56 Å². The van der Waals surface area contributed by atoms with E-state index in [2.05, 4.69) is 15.6 Å². The molecule has 0 saturated carbocycles. The molecule has 8 heteroatoms. The number of carbonyl (C=O) groups excluding carboxylic acids is 2. The Morgan fingerprint density at radius 2 is 1.83 bits per heavy atom. The van der Waals surface area contributed by atoms with E-state index in [9.17, 15) is 14.0 Å². The highest BCUT2D eigenvalue weighted by atomic mass is 19.1. The zero-order chi connectivity index (χ0) is 20.8. The lowest BCUT2D eigenvalue weighted by Crippen LogP contribution is -2.38. The maximum Gasteiger partial charge on any atom is 0.312 e. The fraction of sp³-hybridized carbons (Fsp3) is 0.190. The Balaban J connectivity index is 1.84. The van der Waals surface area contributed by atoms with Gasteiger partial charge in [-0.3, -0.25) is 4.79 Å². The molecule has 0 saturated heterocycles. The summed E-state index contributed by atoms with van der Waals surface area (Å²) in [5.41, 5.74) is 6.59. The Hall–Kier alpha value is -3.68. The first-order valence-corrected chi connectivity index (χ1v) is 9.07. The summed E-state index contributed by atoms with van der Waals surface area (Å²) in [5.74, 6) is -0.193. The molecule has 2 aromatic carbocycles. The van der Waals surface area contributed by atoms with Crippen LogP contribution in [0.1, 0.15) is 35.5 Å². The van der Waals surface area contributed by atoms with Crippen molar-refractivity contribution in [3.63, 3.8) is 0 Å². The summed E-state index contributed by atoms with van der Waals surface area (Å²) in [6.45, 7) is 0. The number of aromatic nitrogens is 2. The Morgan fingerprint density at radius 3 is 2.45 bits per heavy atom. The number of urea groups is 1. The van der Waals surface area contributed by atoms with Crippen LogP contribution >= 0.6 is 0 Å². The van der Waals surface area contributed by atoms with Crippen molar-refractivity contribution >= 4 is 11.9 Å². The highest BCUT2D eigenvalue weighted by Gasteiger charge is 2.24. The number of benzene rings is 2. The minimum atomic E-state index is -0.725. The number of nitrogens with zero attached hydrogens (tertiary/aromatic N) is 2. The minimum absolute atomic E-state index is 0.0385. The van der Waals surface area contributed by atoms with Gasteiger partial charge in [0, 0.05) is 19.4 Å². The summed E-state index contributed by atoms with van der Waals surface area (Å²) < 4.78 is 15.5. The van der Waals surface area contributed by atoms with Crippen molar-refractivity contribution in [3.05, 3.63) is 89.8 Å². The zero-order valence-electron chi connectivity index (χ0n) is 15.9. The number of imidazole rings is 1. The van der Waals surface area contributed by atoms with Crippen LogP contribution in [-0.2, 0) is 11.8 Å². The van der Waals surface area contributed by atoms with Crippen molar-refractivity contribution in [3.8, 4) is 0 Å². The minimum Gasteiger partial charge on any atom is -0.352 e. The molecule has 3 rings (SSSR count). The highest BCUT2D eigenvalue weighted by Crippen LogP contribution is 2.23. The van der Waals surface area contributed by atoms with Crippen molar-refractivity contribution in [2.45, 2.75) is 18.5 Å². The molecule has 0 aliphatic rings. The lowest BCUT2D eigenvalue weighted by molar-refractivity contribution is -0.122. The molecule has 0 aliphatic carbocycles. The van der Waals surface area contributed by atoms with Gasteiger partial charge in [0.15, 0.2) is 0 Å². The van der Waals surface area contributed by atoms with E-state index in [1.807, 2.05) is 18.2 Å². The summed E-state index contributed by atoms with van der Waals surface area (Å²) in [6.07, 6.45) is 3.31. The number of aryl methyl sites for hydroxylation is 1. The van der Waals surface area contributed by atoms with Gasteiger partial charge in [-0.05, 0) is 23.3 Å². The summed E-state index contributed by atoms with van der Waals surface area (Å²) in [6, 6.07) is 13.1. The van der Waals surface area contributed by atoms with Crippen LogP contribution in [-0.4, -0.2) is 21.5 Å². The van der Waals surface area contributed by atoms with E-state index in [1.54, 1.807) is 48.3 Å². The number of nitrogens with one attached hydrogen (secondary N) is 2. The Labute approximate surface area is 167 Å². The number of hydrogen-bond donors (Lipinski definition) is 3. The highest BCUT2D eigenvalue weighted by molar-refractivity contribution is 5.79. The molecule has 0 spiro atoms. The Bertz CT molecular complexity index is 990. The topological polar surface area (TPSA) is 102 Å². The maximum atomic E-state index is 13.8. The molecule has 4 N–H and O–H groups in total. The van der Waals surface area contributed by atoms with Crippen LogP contribution < -0.4 is 16.4 Å². The summed E-state index contributed by atoms with van der Waals surface area (Å²) in [5, 5.41) is 5.49. The fourth-order valence-corrected chi connectivity index (χ4v) is 3.15. The normalized spacial score (nSPS) is 12.8. The molecular weight excluding hydrogens is 373 g/mol. The second-order valence-electron chi connectivity index (χ2n) is 6.63. The average molecular weight is 395 g/mol. The molecule has 1 heterocycles. The zero-order valence-corrected chi connectivity index (χ0v) is 15.9. The quantitative estimate of drug-likeness (QED) is 0.573. The van der Waals surface area contributed by atoms with Crippen LogP contribution in [0.4, 0.5) is 9.18 Å². The molecule has 0 fully saturated rings. The van der Waals surface area contributed by atoms with E-state index in [1.165, 1.54) is 12.1 Å². The number of nitrogens with two attached hydrogens (primary N) is 1. The van der Waals surface area contributed by atoms with Gasteiger partial charge in [0.1, 0.15) is 17.7 Å². The van der Waals surface area contributed by atoms with Crippen LogP contribution in [0.3, 0.4) is 0 Å². The monoisotopic (exact) mass is 395 g/mol. The summed E-state index contributed by atoms with van der Waals surface area (Å²) >= 11 is 0. The lowest BCUT2D eigenvalue weighted by atomic mass is 10.0. The van der Waals surface area contributed by atoms with Gasteiger partial charge in [-0.15, -0.1) is 0 Å². The SMILES string of the molecule is Cn1ccnc1[C@H](NC(=O)C[C@@H](NC(N)=O)c1ccccc1)c1cccc(F)c1. The number of primary amides is 1. The molecule has 0 unspecified atom stereocenters. The second kappa shape index (κ2) is 9.01.